The minimum Gasteiger partial charge on any atom is -0.495 e. The number of ether oxygens (including phenoxy) is 3. The zero-order valence-corrected chi connectivity index (χ0v) is 88.7. The maximum absolute atomic E-state index is 12.0. The number of nitrogens with one attached hydrogen (secondary N) is 9. The standard InChI is InChI=1S/C23H24N6O3S.C22H23N5O2S.C21H21N7O2S.C19H23N5O3S.C18H21N5O3S/c1-4-24-22(31)29-23-28-18-7-16(17-10-26-21(14(3)30)27-11-17)8-19(20(18)33-23)32-12-15-6-5-13(2)25-9-15;1-4-7-19(28)26-21-25-17-11-14(27-12-18(24-13-27)22(2,3)29)10-15(20(17)30-21)16-8-5-6-9-23-16;1-4-22-19(29)28-20-27-15-9-12(13-10-25-18(26-11-13)21(2,3)30)8-14(16(15)31-20)17-23-6-5-7-24-17;1-5-20-17(25)24-18-23-14-7-11(6-12(10-27-4)15(14)28-18)13-8-21-16(22-9-13)19(2,3)26;1-5-19-16(24)23-17-22-12-6-10(7-13(26-4)14(12)27-17)11-8-20-15(21-9-11)18(2,3)25/h5-11,14,30H,4,12H2,1-3H3,(H2,24,28,29,31);5-6,8-13,29H,4,7H2,1-3H3,(H,25,26,28);5-11,30H,4H2,1-3H3,(H2,22,27,28,29);6-9,26H,5,10H2,1-4H3,(H2,20,23,24,25);6-9,25H,5H2,1-4H3,(H2,19,22,23,24). The Kier molecular flexibility index (Phi) is 35.7. The number of pyridine rings is 2. The molecule has 772 valence electrons. The summed E-state index contributed by atoms with van der Waals surface area (Å²) in [6.45, 7) is 29.0. The number of benzene rings is 5. The second-order valence-electron chi connectivity index (χ2n) is 35.5. The molecule has 0 spiro atoms. The number of aryl methyl sites for hydroxylation is 1. The number of aliphatic hydroxyl groups is 5. The number of rotatable bonds is 29. The molecule has 13 heterocycles. The number of urea groups is 4. The van der Waals surface area contributed by atoms with Crippen molar-refractivity contribution in [2.75, 3.05) is 67.0 Å². The van der Waals surface area contributed by atoms with E-state index in [-0.39, 0.29) is 30.0 Å². The first-order chi connectivity index (χ1) is 71.2. The lowest BCUT2D eigenvalue weighted by atomic mass is 10.0. The van der Waals surface area contributed by atoms with Crippen molar-refractivity contribution in [3.63, 3.8) is 0 Å². The van der Waals surface area contributed by atoms with Crippen molar-refractivity contribution in [2.45, 2.75) is 158 Å². The van der Waals surface area contributed by atoms with Gasteiger partial charge in [0.2, 0.25) is 5.91 Å². The molecule has 9 amide bonds. The Morgan fingerprint density at radius 2 is 0.826 bits per heavy atom. The Bertz CT molecular complexity index is 7700. The number of methoxy groups -OCH3 is 2. The van der Waals surface area contributed by atoms with E-state index in [4.69, 9.17) is 14.2 Å². The summed E-state index contributed by atoms with van der Waals surface area (Å²) in [5.74, 6) is 3.19. The van der Waals surface area contributed by atoms with E-state index in [2.05, 4.69) is 138 Å². The first-order valence-corrected chi connectivity index (χ1v) is 51.2. The molecule has 13 aromatic heterocycles. The Morgan fingerprint density at radius 3 is 1.25 bits per heavy atom. The molecule has 149 heavy (non-hydrogen) atoms. The van der Waals surface area contributed by atoms with Crippen LogP contribution in [-0.4, -0.2) is 190 Å². The van der Waals surface area contributed by atoms with E-state index >= 15 is 0 Å². The van der Waals surface area contributed by atoms with Gasteiger partial charge in [0.25, 0.3) is 0 Å². The van der Waals surface area contributed by atoms with Gasteiger partial charge in [0.15, 0.2) is 54.8 Å². The molecular formula is C103H112N28O13S5. The van der Waals surface area contributed by atoms with Gasteiger partial charge in [0.1, 0.15) is 46.6 Å². The summed E-state index contributed by atoms with van der Waals surface area (Å²) in [4.78, 5) is 138. The predicted octanol–water partition coefficient (Wildman–Crippen LogP) is 18.7. The van der Waals surface area contributed by atoms with Crippen LogP contribution in [0.5, 0.6) is 11.5 Å². The summed E-state index contributed by atoms with van der Waals surface area (Å²) in [6.07, 6.45) is 24.2. The molecule has 0 fully saturated rings. The summed E-state index contributed by atoms with van der Waals surface area (Å²) in [7, 11) is 3.22. The number of fused-ring (bicyclic) bond motifs is 5. The third-order valence-electron chi connectivity index (χ3n) is 21.5. The van der Waals surface area contributed by atoms with Crippen LogP contribution < -0.4 is 57.3 Å². The van der Waals surface area contributed by atoms with Crippen molar-refractivity contribution in [3.05, 3.63) is 230 Å². The number of aromatic nitrogens is 19. The molecule has 0 bridgehead atoms. The quantitative estimate of drug-likeness (QED) is 0.0207. The van der Waals surface area contributed by atoms with Gasteiger partial charge in [-0.25, -0.2) is 98.9 Å². The van der Waals surface area contributed by atoms with Crippen LogP contribution in [0, 0.1) is 6.92 Å². The highest BCUT2D eigenvalue weighted by Crippen LogP contribution is 2.44. The SMILES string of the molecule is CCCC(=O)Nc1nc2cc(-n3cnc(C(C)(C)O)c3)cc(-c3ccccn3)c2s1.CCNC(=O)Nc1nc2cc(-c3cnc(C(C)(C)O)nc3)cc(-c3ncccn3)c2s1.CCNC(=O)Nc1nc2cc(-c3cnc(C(C)(C)O)nc3)cc(COC)c2s1.CCNC(=O)Nc1nc2cc(-c3cnc(C(C)(C)O)nc3)cc(OC)c2s1.CCNC(=O)Nc1nc2cc(-c3cnc(C(C)O)nc3)cc(OCc3ccc(C)nc3)c2s1. The zero-order chi connectivity index (χ0) is 107. The highest BCUT2D eigenvalue weighted by atomic mass is 32.1. The molecule has 18 rings (SSSR count). The van der Waals surface area contributed by atoms with Gasteiger partial charge in [0, 0.05) is 171 Å². The number of amides is 9. The van der Waals surface area contributed by atoms with Crippen LogP contribution in [0.25, 0.3) is 124 Å². The smallest absolute Gasteiger partial charge is 0.321 e. The van der Waals surface area contributed by atoms with E-state index in [0.717, 1.165) is 125 Å². The van der Waals surface area contributed by atoms with Crippen LogP contribution in [0.15, 0.2) is 184 Å². The fraction of sp³-hybridized carbons (Fsp3) is 0.291. The van der Waals surface area contributed by atoms with Gasteiger partial charge >= 0.3 is 24.1 Å². The number of anilines is 5. The number of carbonyl (C=O) groups is 5. The minimum absolute atomic E-state index is 0.0411. The van der Waals surface area contributed by atoms with Crippen LogP contribution >= 0.6 is 56.7 Å². The van der Waals surface area contributed by atoms with Crippen molar-refractivity contribution >= 4 is 163 Å². The number of nitrogens with zero attached hydrogens (tertiary/aromatic N) is 19. The van der Waals surface area contributed by atoms with Crippen molar-refractivity contribution in [1.29, 1.82) is 0 Å². The average Bonchev–Trinajstić information content (AvgIpc) is 1.63. The first-order valence-electron chi connectivity index (χ1n) is 47.2. The van der Waals surface area contributed by atoms with Crippen LogP contribution in [-0.2, 0) is 45.1 Å². The third kappa shape index (κ3) is 28.6. The summed E-state index contributed by atoms with van der Waals surface area (Å²) in [5.41, 5.74) is 12.5. The monoisotopic (exact) mass is 2110 g/mol. The fourth-order valence-corrected chi connectivity index (χ4v) is 19.0. The van der Waals surface area contributed by atoms with Crippen molar-refractivity contribution in [1.82, 2.24) is 116 Å². The molecule has 41 nitrogen and oxygen atoms in total. The molecule has 5 aromatic carbocycles. The van der Waals surface area contributed by atoms with E-state index in [0.29, 0.717) is 134 Å². The molecule has 0 saturated carbocycles. The van der Waals surface area contributed by atoms with Gasteiger partial charge < -0.3 is 70.9 Å². The van der Waals surface area contributed by atoms with Crippen molar-refractivity contribution < 1.29 is 63.7 Å². The van der Waals surface area contributed by atoms with E-state index in [9.17, 15) is 49.5 Å². The predicted molar refractivity (Wildman–Crippen MR) is 580 cm³/mol. The van der Waals surface area contributed by atoms with Crippen molar-refractivity contribution in [3.8, 4) is 84.3 Å². The second kappa shape index (κ2) is 48.8. The van der Waals surface area contributed by atoms with Gasteiger partial charge in [-0.05, 0) is 216 Å². The van der Waals surface area contributed by atoms with Crippen molar-refractivity contribution in [2.24, 2.45) is 0 Å². The molecule has 1 atom stereocenters. The maximum Gasteiger partial charge on any atom is 0.321 e. The topological polar surface area (TPSA) is 559 Å². The van der Waals surface area contributed by atoms with E-state index < -0.39 is 28.5 Å². The zero-order valence-electron chi connectivity index (χ0n) is 84.6. The molecule has 0 saturated heterocycles. The molecule has 0 aliphatic carbocycles. The van der Waals surface area contributed by atoms with E-state index in [1.54, 1.807) is 169 Å². The van der Waals surface area contributed by atoms with E-state index in [1.807, 2.05) is 137 Å². The van der Waals surface area contributed by atoms with Crippen LogP contribution in [0.3, 0.4) is 0 Å². The Labute approximate surface area is 876 Å². The van der Waals surface area contributed by atoms with E-state index in [1.165, 1.54) is 56.7 Å². The molecule has 46 heteroatoms. The van der Waals surface area contributed by atoms with Gasteiger partial charge in [-0.15, -0.1) is 0 Å². The lowest BCUT2D eigenvalue weighted by molar-refractivity contribution is -0.116. The number of carbonyl (C=O) groups excluding carboxylic acids is 5. The van der Waals surface area contributed by atoms with Gasteiger partial charge in [-0.2, -0.15) is 0 Å². The molecule has 18 aromatic rings. The lowest BCUT2D eigenvalue weighted by Gasteiger charge is -2.15. The van der Waals surface area contributed by atoms with Crippen LogP contribution in [0.1, 0.15) is 162 Å². The largest absolute Gasteiger partial charge is 0.495 e. The van der Waals surface area contributed by atoms with Gasteiger partial charge in [0.05, 0.1) is 82.5 Å². The molecular weight excluding hydrogens is 2000 g/mol. The fourth-order valence-electron chi connectivity index (χ4n) is 14.3. The van der Waals surface area contributed by atoms with Gasteiger partial charge in [-0.3, -0.25) is 36.0 Å². The molecule has 14 N–H and O–H groups in total. The third-order valence-corrected chi connectivity index (χ3v) is 26.6. The summed E-state index contributed by atoms with van der Waals surface area (Å²) in [5, 5.41) is 77.2. The molecule has 0 aliphatic rings. The Morgan fingerprint density at radius 1 is 0.409 bits per heavy atom. The molecule has 0 radical (unpaired) electrons. The summed E-state index contributed by atoms with van der Waals surface area (Å²) in [6, 6.07) is 29.5. The summed E-state index contributed by atoms with van der Waals surface area (Å²) < 4.78 is 23.2. The van der Waals surface area contributed by atoms with Gasteiger partial charge in [-0.1, -0.05) is 75.7 Å². The van der Waals surface area contributed by atoms with Crippen LogP contribution in [0.2, 0.25) is 0 Å². The molecule has 1 unspecified atom stereocenters. The number of hydrogen-bond acceptors (Lipinski definition) is 36. The average molecular weight is 2110 g/mol. The number of aliphatic hydroxyl groups excluding tert-OH is 1. The number of hydrogen-bond donors (Lipinski definition) is 14. The lowest BCUT2D eigenvalue weighted by Crippen LogP contribution is -2.28. The number of thiazole rings is 5. The maximum atomic E-state index is 12.0. The highest BCUT2D eigenvalue weighted by molar-refractivity contribution is 7.24. The van der Waals surface area contributed by atoms with Crippen LogP contribution in [0.4, 0.5) is 44.8 Å². The normalized spacial score (nSPS) is 11.6. The first kappa shape index (κ1) is 109. The summed E-state index contributed by atoms with van der Waals surface area (Å²) >= 11 is 6.87. The Balaban J connectivity index is 0.000000147. The highest BCUT2D eigenvalue weighted by Gasteiger charge is 2.28. The minimum atomic E-state index is -1.12. The Hall–Kier alpha value is -15.6. The molecule has 0 aliphatic heterocycles. The number of imidazole rings is 1. The second-order valence-corrected chi connectivity index (χ2v) is 40.5.